The molecule has 6 heteroatoms. The minimum atomic E-state index is 0.428. The molecule has 0 aliphatic rings. The first-order chi connectivity index (χ1) is 8.79. The molecule has 0 spiro atoms. The van der Waals surface area contributed by atoms with E-state index in [2.05, 4.69) is 10.1 Å². The van der Waals surface area contributed by atoms with Crippen molar-refractivity contribution in [2.24, 2.45) is 0 Å². The number of hydrogen-bond donors (Lipinski definition) is 1. The summed E-state index contributed by atoms with van der Waals surface area (Å²) in [6, 6.07) is 7.50. The Balaban J connectivity index is 2.14. The summed E-state index contributed by atoms with van der Waals surface area (Å²) in [5, 5.41) is 3.87. The Bertz CT molecular complexity index is 673. The van der Waals surface area contributed by atoms with Gasteiger partial charge in [0.15, 0.2) is 0 Å². The summed E-state index contributed by atoms with van der Waals surface area (Å²) >= 11 is 0. The van der Waals surface area contributed by atoms with Crippen LogP contribution >= 0.6 is 0 Å². The standard InChI is InChI=1S/C12H12N4O2/c1-17-10-4-2-3-9-11(10)14-12(13)16(9)7-8-5-6-18-15-8/h2-6H,7H2,1H3,(H2,13,14). The molecule has 0 unspecified atom stereocenters. The molecule has 2 heterocycles. The highest BCUT2D eigenvalue weighted by Crippen LogP contribution is 2.27. The third kappa shape index (κ3) is 1.58. The number of imidazole rings is 1. The molecule has 0 fully saturated rings. The van der Waals surface area contributed by atoms with Crippen LogP contribution < -0.4 is 10.5 Å². The lowest BCUT2D eigenvalue weighted by Crippen LogP contribution is -2.04. The highest BCUT2D eigenvalue weighted by Gasteiger charge is 2.12. The fourth-order valence-corrected chi connectivity index (χ4v) is 1.95. The van der Waals surface area contributed by atoms with Crippen molar-refractivity contribution < 1.29 is 9.26 Å². The zero-order valence-electron chi connectivity index (χ0n) is 9.83. The quantitative estimate of drug-likeness (QED) is 0.758. The molecule has 2 N–H and O–H groups in total. The van der Waals surface area contributed by atoms with Crippen LogP contribution in [0.3, 0.4) is 0 Å². The Morgan fingerprint density at radius 2 is 2.28 bits per heavy atom. The fraction of sp³-hybridized carbons (Fsp3) is 0.167. The van der Waals surface area contributed by atoms with Gasteiger partial charge in [0, 0.05) is 6.07 Å². The molecule has 0 bridgehead atoms. The maximum Gasteiger partial charge on any atom is 0.201 e. The normalized spacial score (nSPS) is 10.9. The summed E-state index contributed by atoms with van der Waals surface area (Å²) in [6.45, 7) is 0.520. The van der Waals surface area contributed by atoms with E-state index < -0.39 is 0 Å². The third-order valence-corrected chi connectivity index (χ3v) is 2.80. The van der Waals surface area contributed by atoms with Crippen LogP contribution in [0.2, 0.25) is 0 Å². The van der Waals surface area contributed by atoms with E-state index in [9.17, 15) is 0 Å². The van der Waals surface area contributed by atoms with Gasteiger partial charge in [-0.05, 0) is 12.1 Å². The van der Waals surface area contributed by atoms with Gasteiger partial charge in [-0.25, -0.2) is 4.98 Å². The van der Waals surface area contributed by atoms with Crippen molar-refractivity contribution in [3.05, 3.63) is 36.2 Å². The highest BCUT2D eigenvalue weighted by molar-refractivity contribution is 5.84. The van der Waals surface area contributed by atoms with Crippen molar-refractivity contribution in [2.45, 2.75) is 6.54 Å². The lowest BCUT2D eigenvalue weighted by molar-refractivity contribution is 0.410. The van der Waals surface area contributed by atoms with E-state index in [4.69, 9.17) is 15.0 Å². The second-order valence-corrected chi connectivity index (χ2v) is 3.87. The van der Waals surface area contributed by atoms with Gasteiger partial charge in [0.05, 0.1) is 19.2 Å². The van der Waals surface area contributed by atoms with Gasteiger partial charge in [0.25, 0.3) is 0 Å². The SMILES string of the molecule is COc1cccc2c1nc(N)n2Cc1ccon1. The van der Waals surface area contributed by atoms with Gasteiger partial charge in [0.2, 0.25) is 5.95 Å². The van der Waals surface area contributed by atoms with Crippen LogP contribution in [-0.2, 0) is 6.54 Å². The monoisotopic (exact) mass is 244 g/mol. The Hall–Kier alpha value is -2.50. The molecule has 0 saturated heterocycles. The third-order valence-electron chi connectivity index (χ3n) is 2.80. The van der Waals surface area contributed by atoms with Crippen molar-refractivity contribution in [1.29, 1.82) is 0 Å². The molecule has 0 amide bonds. The Morgan fingerprint density at radius 3 is 3.00 bits per heavy atom. The second-order valence-electron chi connectivity index (χ2n) is 3.87. The average molecular weight is 244 g/mol. The van der Waals surface area contributed by atoms with Crippen molar-refractivity contribution in [3.63, 3.8) is 0 Å². The summed E-state index contributed by atoms with van der Waals surface area (Å²) in [5.41, 5.74) is 8.39. The number of hydrogen-bond acceptors (Lipinski definition) is 5. The van der Waals surface area contributed by atoms with E-state index >= 15 is 0 Å². The van der Waals surface area contributed by atoms with Crippen molar-refractivity contribution >= 4 is 17.0 Å². The molecular formula is C12H12N4O2. The molecule has 0 saturated carbocycles. The van der Waals surface area contributed by atoms with E-state index in [1.165, 1.54) is 6.26 Å². The lowest BCUT2D eigenvalue weighted by atomic mass is 10.3. The summed E-state index contributed by atoms with van der Waals surface area (Å²) in [7, 11) is 1.61. The van der Waals surface area contributed by atoms with Gasteiger partial charge in [0.1, 0.15) is 23.2 Å². The molecule has 92 valence electrons. The van der Waals surface area contributed by atoms with Crippen LogP contribution in [-0.4, -0.2) is 21.8 Å². The summed E-state index contributed by atoms with van der Waals surface area (Å²) in [5.74, 6) is 1.13. The van der Waals surface area contributed by atoms with Gasteiger partial charge in [-0.3, -0.25) is 0 Å². The van der Waals surface area contributed by atoms with Crippen LogP contribution in [0.15, 0.2) is 35.1 Å². The zero-order valence-corrected chi connectivity index (χ0v) is 9.83. The molecule has 0 radical (unpaired) electrons. The van der Waals surface area contributed by atoms with Crippen molar-refractivity contribution in [1.82, 2.24) is 14.7 Å². The molecule has 0 aliphatic heterocycles. The first-order valence-electron chi connectivity index (χ1n) is 5.47. The fourth-order valence-electron chi connectivity index (χ4n) is 1.95. The maximum atomic E-state index is 5.93. The van der Waals surface area contributed by atoms with Gasteiger partial charge in [-0.2, -0.15) is 0 Å². The summed E-state index contributed by atoms with van der Waals surface area (Å²) in [6.07, 6.45) is 1.53. The minimum Gasteiger partial charge on any atom is -0.494 e. The molecule has 1 aromatic carbocycles. The van der Waals surface area contributed by atoms with Gasteiger partial charge >= 0.3 is 0 Å². The van der Waals surface area contributed by atoms with Crippen LogP contribution in [0.25, 0.3) is 11.0 Å². The number of fused-ring (bicyclic) bond motifs is 1. The van der Waals surface area contributed by atoms with E-state index in [0.717, 1.165) is 16.7 Å². The van der Waals surface area contributed by atoms with E-state index in [-0.39, 0.29) is 0 Å². The van der Waals surface area contributed by atoms with Crippen LogP contribution in [0, 0.1) is 0 Å². The van der Waals surface area contributed by atoms with Crippen molar-refractivity contribution in [3.8, 4) is 5.75 Å². The molecule has 18 heavy (non-hydrogen) atoms. The number of para-hydroxylation sites is 1. The number of aromatic nitrogens is 3. The topological polar surface area (TPSA) is 79.1 Å². The molecule has 0 atom stereocenters. The first kappa shape index (κ1) is 10.6. The number of nitrogens with two attached hydrogens (primary N) is 1. The van der Waals surface area contributed by atoms with E-state index in [0.29, 0.717) is 18.2 Å². The summed E-state index contributed by atoms with van der Waals surface area (Å²) < 4.78 is 11.9. The van der Waals surface area contributed by atoms with Crippen LogP contribution in [0.1, 0.15) is 5.69 Å². The Labute approximate surface area is 103 Å². The number of nitrogen functional groups attached to an aromatic ring is 1. The predicted molar refractivity (Wildman–Crippen MR) is 66.3 cm³/mol. The number of methoxy groups -OCH3 is 1. The lowest BCUT2D eigenvalue weighted by Gasteiger charge is -2.04. The van der Waals surface area contributed by atoms with Crippen molar-refractivity contribution in [2.75, 3.05) is 12.8 Å². The molecular weight excluding hydrogens is 232 g/mol. The van der Waals surface area contributed by atoms with Gasteiger partial charge in [-0.15, -0.1) is 0 Å². The highest BCUT2D eigenvalue weighted by atomic mass is 16.5. The predicted octanol–water partition coefficient (Wildman–Crippen LogP) is 1.66. The zero-order chi connectivity index (χ0) is 12.5. The van der Waals surface area contributed by atoms with Crippen LogP contribution in [0.4, 0.5) is 5.95 Å². The van der Waals surface area contributed by atoms with E-state index in [1.807, 2.05) is 22.8 Å². The average Bonchev–Trinajstić information content (AvgIpc) is 2.99. The Morgan fingerprint density at radius 1 is 1.39 bits per heavy atom. The molecule has 2 aromatic heterocycles. The number of nitrogens with zero attached hydrogens (tertiary/aromatic N) is 3. The molecule has 3 aromatic rings. The van der Waals surface area contributed by atoms with E-state index in [1.54, 1.807) is 13.2 Å². The molecule has 6 nitrogen and oxygen atoms in total. The number of anilines is 1. The van der Waals surface area contributed by atoms with Gasteiger partial charge in [-0.1, -0.05) is 11.2 Å². The summed E-state index contributed by atoms with van der Waals surface area (Å²) in [4.78, 5) is 4.32. The first-order valence-corrected chi connectivity index (χ1v) is 5.47. The number of benzene rings is 1. The van der Waals surface area contributed by atoms with Crippen LogP contribution in [0.5, 0.6) is 5.75 Å². The minimum absolute atomic E-state index is 0.428. The maximum absolute atomic E-state index is 5.93. The smallest absolute Gasteiger partial charge is 0.201 e. The Kier molecular flexibility index (Phi) is 2.40. The molecule has 3 rings (SSSR count). The number of rotatable bonds is 3. The molecule has 0 aliphatic carbocycles. The van der Waals surface area contributed by atoms with Gasteiger partial charge < -0.3 is 19.6 Å². The number of ether oxygens (including phenoxy) is 1. The largest absolute Gasteiger partial charge is 0.494 e. The second kappa shape index (κ2) is 4.06.